The van der Waals surface area contributed by atoms with E-state index in [1.807, 2.05) is 25.1 Å². The topological polar surface area (TPSA) is 47.6 Å². The number of carbonyl (C=O) groups excluding carboxylic acids is 1. The molecule has 2 rings (SSSR count). The van der Waals surface area contributed by atoms with Gasteiger partial charge in [0.05, 0.1) is 20.3 Å². The Labute approximate surface area is 135 Å². The van der Waals surface area contributed by atoms with E-state index in [1.165, 1.54) is 0 Å². The minimum absolute atomic E-state index is 0.172. The van der Waals surface area contributed by atoms with Crippen molar-refractivity contribution in [2.75, 3.05) is 14.2 Å². The molecule has 0 aromatic heterocycles. The molecule has 0 aliphatic rings. The number of hydrogen-bond donors (Lipinski definition) is 1. The lowest BCUT2D eigenvalue weighted by molar-refractivity contribution is 0.0939. The van der Waals surface area contributed by atoms with E-state index in [0.29, 0.717) is 22.1 Å². The van der Waals surface area contributed by atoms with Gasteiger partial charge in [-0.25, -0.2) is 0 Å². The van der Waals surface area contributed by atoms with E-state index < -0.39 is 0 Å². The van der Waals surface area contributed by atoms with Crippen molar-refractivity contribution in [1.29, 1.82) is 0 Å². The number of methoxy groups -OCH3 is 2. The van der Waals surface area contributed by atoms with Gasteiger partial charge in [0.25, 0.3) is 5.91 Å². The summed E-state index contributed by atoms with van der Waals surface area (Å²) < 4.78 is 10.6. The predicted molar refractivity (Wildman–Crippen MR) is 86.9 cm³/mol. The summed E-state index contributed by atoms with van der Waals surface area (Å²) in [6.07, 6.45) is 0. The fourth-order valence-electron chi connectivity index (χ4n) is 2.14. The Bertz CT molecular complexity index is 655. The molecule has 0 bridgehead atoms. The van der Waals surface area contributed by atoms with Gasteiger partial charge < -0.3 is 14.8 Å². The Kier molecular flexibility index (Phi) is 5.28. The molecule has 2 aromatic carbocycles. The van der Waals surface area contributed by atoms with Crippen LogP contribution < -0.4 is 14.8 Å². The second kappa shape index (κ2) is 7.18. The lowest BCUT2D eigenvalue weighted by atomic mass is 10.1. The van der Waals surface area contributed by atoms with Gasteiger partial charge in [0.2, 0.25) is 0 Å². The van der Waals surface area contributed by atoms with Gasteiger partial charge >= 0.3 is 0 Å². The molecule has 0 aliphatic carbocycles. The average molecular weight is 320 g/mol. The smallest absolute Gasteiger partial charge is 0.251 e. The fourth-order valence-corrected chi connectivity index (χ4v) is 2.26. The molecule has 0 saturated heterocycles. The molecule has 1 amide bonds. The van der Waals surface area contributed by atoms with E-state index in [2.05, 4.69) is 5.32 Å². The molecule has 0 aliphatic heterocycles. The molecular weight excluding hydrogens is 302 g/mol. The number of halogens is 1. The summed E-state index contributed by atoms with van der Waals surface area (Å²) in [6.45, 7) is 1.89. The third-order valence-corrected chi connectivity index (χ3v) is 3.61. The first kappa shape index (κ1) is 16.2. The fraction of sp³-hybridized carbons (Fsp3) is 0.235. The maximum atomic E-state index is 12.3. The van der Waals surface area contributed by atoms with Crippen LogP contribution in [0.4, 0.5) is 0 Å². The van der Waals surface area contributed by atoms with E-state index in [0.717, 1.165) is 5.56 Å². The van der Waals surface area contributed by atoms with E-state index in [-0.39, 0.29) is 11.9 Å². The highest BCUT2D eigenvalue weighted by atomic mass is 35.5. The summed E-state index contributed by atoms with van der Waals surface area (Å²) in [5, 5.41) is 3.54. The monoisotopic (exact) mass is 319 g/mol. The van der Waals surface area contributed by atoms with Gasteiger partial charge in [0.15, 0.2) is 0 Å². The molecule has 22 heavy (non-hydrogen) atoms. The van der Waals surface area contributed by atoms with Crippen molar-refractivity contribution in [2.24, 2.45) is 0 Å². The maximum Gasteiger partial charge on any atom is 0.251 e. The highest BCUT2D eigenvalue weighted by Gasteiger charge is 2.16. The quantitative estimate of drug-likeness (QED) is 0.910. The number of carbonyl (C=O) groups is 1. The zero-order chi connectivity index (χ0) is 16.1. The third-order valence-electron chi connectivity index (χ3n) is 3.36. The van der Waals surface area contributed by atoms with Gasteiger partial charge in [0, 0.05) is 16.1 Å². The van der Waals surface area contributed by atoms with Crippen LogP contribution in [0.15, 0.2) is 42.5 Å². The van der Waals surface area contributed by atoms with Gasteiger partial charge in [0.1, 0.15) is 11.5 Å². The molecule has 5 heteroatoms. The second-order valence-electron chi connectivity index (χ2n) is 4.81. The average Bonchev–Trinajstić information content (AvgIpc) is 2.54. The highest BCUT2D eigenvalue weighted by molar-refractivity contribution is 6.30. The molecule has 116 valence electrons. The summed E-state index contributed by atoms with van der Waals surface area (Å²) in [7, 11) is 3.20. The number of hydrogen-bond acceptors (Lipinski definition) is 3. The molecule has 0 saturated carbocycles. The molecular formula is C17H18ClNO3. The zero-order valence-electron chi connectivity index (χ0n) is 12.7. The standard InChI is InChI=1S/C17H18ClNO3/c1-11(15-10-14(21-2)8-9-16(15)22-3)19-17(20)12-4-6-13(18)7-5-12/h4-11H,1-3H3,(H,19,20)/t11-/m1/s1. The molecule has 4 nitrogen and oxygen atoms in total. The van der Waals surface area contributed by atoms with Gasteiger partial charge in [-0.15, -0.1) is 0 Å². The number of amides is 1. The SMILES string of the molecule is COc1ccc(OC)c([C@@H](C)NC(=O)c2ccc(Cl)cc2)c1. The first-order chi connectivity index (χ1) is 10.5. The molecule has 0 spiro atoms. The van der Waals surface area contributed by atoms with E-state index in [4.69, 9.17) is 21.1 Å². The largest absolute Gasteiger partial charge is 0.497 e. The van der Waals surface area contributed by atoms with E-state index >= 15 is 0 Å². The van der Waals surface area contributed by atoms with Gasteiger partial charge in [-0.1, -0.05) is 11.6 Å². The molecule has 0 fully saturated rings. The minimum atomic E-state index is -0.228. The summed E-state index contributed by atoms with van der Waals surface area (Å²) in [4.78, 5) is 12.3. The van der Waals surface area contributed by atoms with Crippen LogP contribution in [-0.2, 0) is 0 Å². The number of nitrogens with one attached hydrogen (secondary N) is 1. The molecule has 0 heterocycles. The predicted octanol–water partition coefficient (Wildman–Crippen LogP) is 3.85. The van der Waals surface area contributed by atoms with Crippen molar-refractivity contribution in [3.05, 3.63) is 58.6 Å². The Morgan fingerprint density at radius 1 is 1.09 bits per heavy atom. The number of rotatable bonds is 5. The van der Waals surface area contributed by atoms with Crippen molar-refractivity contribution in [3.63, 3.8) is 0 Å². The van der Waals surface area contributed by atoms with Crippen molar-refractivity contribution in [2.45, 2.75) is 13.0 Å². The minimum Gasteiger partial charge on any atom is -0.497 e. The summed E-state index contributed by atoms with van der Waals surface area (Å²) in [5.41, 5.74) is 1.40. The van der Waals surface area contributed by atoms with Crippen molar-refractivity contribution >= 4 is 17.5 Å². The third kappa shape index (κ3) is 3.71. The Morgan fingerprint density at radius 3 is 2.36 bits per heavy atom. The Balaban J connectivity index is 2.19. The summed E-state index contributed by atoms with van der Waals surface area (Å²) >= 11 is 5.83. The first-order valence-electron chi connectivity index (χ1n) is 6.83. The molecule has 0 unspecified atom stereocenters. The first-order valence-corrected chi connectivity index (χ1v) is 7.21. The summed E-state index contributed by atoms with van der Waals surface area (Å²) in [5.74, 6) is 1.24. The number of benzene rings is 2. The number of ether oxygens (including phenoxy) is 2. The molecule has 1 atom stereocenters. The van der Waals surface area contributed by atoms with Crippen molar-refractivity contribution in [1.82, 2.24) is 5.32 Å². The molecule has 2 aromatic rings. The van der Waals surface area contributed by atoms with Crippen LogP contribution in [0.1, 0.15) is 28.9 Å². The van der Waals surface area contributed by atoms with Crippen molar-refractivity contribution < 1.29 is 14.3 Å². The maximum absolute atomic E-state index is 12.3. The Morgan fingerprint density at radius 2 is 1.77 bits per heavy atom. The second-order valence-corrected chi connectivity index (χ2v) is 5.25. The molecule has 1 N–H and O–H groups in total. The van der Waals surface area contributed by atoms with Crippen LogP contribution in [0.25, 0.3) is 0 Å². The van der Waals surface area contributed by atoms with E-state index in [9.17, 15) is 4.79 Å². The summed E-state index contributed by atoms with van der Waals surface area (Å²) in [6, 6.07) is 12.0. The molecule has 0 radical (unpaired) electrons. The van der Waals surface area contributed by atoms with Crippen LogP contribution in [0, 0.1) is 0 Å². The highest BCUT2D eigenvalue weighted by Crippen LogP contribution is 2.29. The van der Waals surface area contributed by atoms with Crippen LogP contribution in [0.5, 0.6) is 11.5 Å². The van der Waals surface area contributed by atoms with Crippen molar-refractivity contribution in [3.8, 4) is 11.5 Å². The lowest BCUT2D eigenvalue weighted by Crippen LogP contribution is -2.26. The van der Waals surface area contributed by atoms with Crippen LogP contribution in [0.3, 0.4) is 0 Å². The van der Waals surface area contributed by atoms with Crippen LogP contribution >= 0.6 is 11.6 Å². The zero-order valence-corrected chi connectivity index (χ0v) is 13.5. The van der Waals surface area contributed by atoms with E-state index in [1.54, 1.807) is 38.5 Å². The normalized spacial score (nSPS) is 11.6. The lowest BCUT2D eigenvalue weighted by Gasteiger charge is -2.18. The van der Waals surface area contributed by atoms with Gasteiger partial charge in [-0.2, -0.15) is 0 Å². The van der Waals surface area contributed by atoms with Crippen LogP contribution in [0.2, 0.25) is 5.02 Å². The Hall–Kier alpha value is -2.20. The van der Waals surface area contributed by atoms with Gasteiger partial charge in [-0.05, 0) is 49.4 Å². The van der Waals surface area contributed by atoms with Crippen LogP contribution in [-0.4, -0.2) is 20.1 Å². The van der Waals surface area contributed by atoms with Gasteiger partial charge in [-0.3, -0.25) is 4.79 Å².